The first kappa shape index (κ1) is 33.5. The third-order valence-corrected chi connectivity index (χ3v) is 10.5. The molecular formula is C33H49N5O3S2. The summed E-state index contributed by atoms with van der Waals surface area (Å²) < 4.78 is 1.09. The molecule has 1 aliphatic carbocycles. The van der Waals surface area contributed by atoms with Crippen molar-refractivity contribution < 1.29 is 14.4 Å². The van der Waals surface area contributed by atoms with Crippen LogP contribution in [0.2, 0.25) is 0 Å². The number of thioether (sulfide) groups is 1. The Bertz CT molecular complexity index is 1250. The zero-order valence-corrected chi connectivity index (χ0v) is 27.7. The van der Waals surface area contributed by atoms with E-state index in [2.05, 4.69) is 53.4 Å². The molecule has 236 valence electrons. The summed E-state index contributed by atoms with van der Waals surface area (Å²) >= 11 is 3.52. The highest BCUT2D eigenvalue weighted by Gasteiger charge is 2.30. The minimum absolute atomic E-state index is 0.138. The molecule has 2 aromatic rings. The number of benzene rings is 1. The Labute approximate surface area is 265 Å². The predicted octanol–water partition coefficient (Wildman–Crippen LogP) is 5.03. The van der Waals surface area contributed by atoms with Gasteiger partial charge >= 0.3 is 0 Å². The molecule has 3 N–H and O–H groups in total. The number of hydrogen-bond donors (Lipinski definition) is 3. The lowest BCUT2D eigenvalue weighted by Gasteiger charge is -2.32. The van der Waals surface area contributed by atoms with Crippen LogP contribution in [0.3, 0.4) is 0 Å². The van der Waals surface area contributed by atoms with Gasteiger partial charge in [-0.15, -0.1) is 11.3 Å². The number of fused-ring (bicyclic) bond motifs is 1. The van der Waals surface area contributed by atoms with E-state index in [9.17, 15) is 14.4 Å². The molecule has 0 spiro atoms. The van der Waals surface area contributed by atoms with Gasteiger partial charge in [-0.2, -0.15) is 11.8 Å². The fourth-order valence-corrected chi connectivity index (χ4v) is 7.94. The van der Waals surface area contributed by atoms with Crippen LogP contribution in [0.25, 0.3) is 10.2 Å². The first-order chi connectivity index (χ1) is 20.7. The second kappa shape index (κ2) is 16.6. The summed E-state index contributed by atoms with van der Waals surface area (Å²) in [5.74, 6) is 2.33. The van der Waals surface area contributed by atoms with Crippen molar-refractivity contribution in [3.05, 3.63) is 40.9 Å². The first-order valence-electron chi connectivity index (χ1n) is 16.0. The molecule has 3 amide bonds. The molecule has 2 atom stereocenters. The number of nitrogens with one attached hydrogen (secondary N) is 3. The van der Waals surface area contributed by atoms with E-state index in [1.165, 1.54) is 12.0 Å². The SMILES string of the molecule is C=C(CN1CCSCC1)C(=O)NC[C@@H](NC(=O)[C@H](Cc1nc2ccc(C(C)C)cc2s1)NC(=O)CCC)C1CCCCC1. The van der Waals surface area contributed by atoms with Gasteiger partial charge in [0.25, 0.3) is 0 Å². The van der Waals surface area contributed by atoms with Crippen LogP contribution in [-0.2, 0) is 20.8 Å². The highest BCUT2D eigenvalue weighted by molar-refractivity contribution is 7.99. The second-order valence-corrected chi connectivity index (χ2v) is 14.6. The van der Waals surface area contributed by atoms with Crippen molar-refractivity contribution in [1.82, 2.24) is 25.8 Å². The minimum Gasteiger partial charge on any atom is -0.350 e. The normalized spacial score (nSPS) is 17.9. The predicted molar refractivity (Wildman–Crippen MR) is 179 cm³/mol. The number of carbonyl (C=O) groups excluding carboxylic acids is 3. The Kier molecular flexibility index (Phi) is 12.9. The number of aromatic nitrogens is 1. The van der Waals surface area contributed by atoms with E-state index < -0.39 is 6.04 Å². The van der Waals surface area contributed by atoms with Gasteiger partial charge in [-0.3, -0.25) is 19.3 Å². The van der Waals surface area contributed by atoms with Gasteiger partial charge in [0.2, 0.25) is 17.7 Å². The maximum Gasteiger partial charge on any atom is 0.247 e. The van der Waals surface area contributed by atoms with Crippen LogP contribution in [0.4, 0.5) is 0 Å². The number of rotatable bonds is 14. The second-order valence-electron chi connectivity index (χ2n) is 12.3. The van der Waals surface area contributed by atoms with Gasteiger partial charge in [-0.05, 0) is 48.8 Å². The summed E-state index contributed by atoms with van der Waals surface area (Å²) in [5, 5.41) is 10.1. The first-order valence-corrected chi connectivity index (χ1v) is 18.0. The number of amides is 3. The topological polar surface area (TPSA) is 103 Å². The number of carbonyl (C=O) groups is 3. The molecule has 8 nitrogen and oxygen atoms in total. The van der Waals surface area contributed by atoms with Gasteiger partial charge in [0.15, 0.2) is 0 Å². The fraction of sp³-hybridized carbons (Fsp3) is 0.636. The molecule has 0 unspecified atom stereocenters. The van der Waals surface area contributed by atoms with Crippen LogP contribution in [0, 0.1) is 5.92 Å². The Balaban J connectivity index is 1.45. The monoisotopic (exact) mass is 627 g/mol. The lowest BCUT2D eigenvalue weighted by molar-refractivity contribution is -0.129. The third-order valence-electron chi connectivity index (χ3n) is 8.50. The summed E-state index contributed by atoms with van der Waals surface area (Å²) in [7, 11) is 0. The van der Waals surface area contributed by atoms with Crippen molar-refractivity contribution in [2.75, 3.05) is 37.7 Å². The van der Waals surface area contributed by atoms with Gasteiger partial charge in [-0.1, -0.05) is 52.7 Å². The van der Waals surface area contributed by atoms with E-state index >= 15 is 0 Å². The summed E-state index contributed by atoms with van der Waals surface area (Å²) in [4.78, 5) is 46.6. The van der Waals surface area contributed by atoms with Crippen LogP contribution in [0.5, 0.6) is 0 Å². The van der Waals surface area contributed by atoms with Gasteiger partial charge in [0, 0.05) is 62.1 Å². The quantitative estimate of drug-likeness (QED) is 0.254. The summed E-state index contributed by atoms with van der Waals surface area (Å²) in [6.45, 7) is 13.2. The molecule has 0 bridgehead atoms. The van der Waals surface area contributed by atoms with Crippen LogP contribution in [0.15, 0.2) is 30.4 Å². The number of hydrogen-bond acceptors (Lipinski definition) is 7. The van der Waals surface area contributed by atoms with Crippen LogP contribution < -0.4 is 16.0 Å². The van der Waals surface area contributed by atoms with Crippen LogP contribution in [0.1, 0.15) is 82.2 Å². The van der Waals surface area contributed by atoms with Crippen LogP contribution in [-0.4, -0.2) is 77.4 Å². The summed E-state index contributed by atoms with van der Waals surface area (Å²) in [6.07, 6.45) is 6.84. The number of nitrogens with zero attached hydrogens (tertiary/aromatic N) is 2. The summed E-state index contributed by atoms with van der Waals surface area (Å²) in [5.41, 5.74) is 2.72. The number of thiazole rings is 1. The molecule has 1 aliphatic heterocycles. The molecule has 4 rings (SSSR count). The highest BCUT2D eigenvalue weighted by Crippen LogP contribution is 2.28. The highest BCUT2D eigenvalue weighted by atomic mass is 32.2. The lowest BCUT2D eigenvalue weighted by Crippen LogP contribution is -2.55. The molecule has 2 fully saturated rings. The van der Waals surface area contributed by atoms with E-state index in [0.717, 1.165) is 65.5 Å². The van der Waals surface area contributed by atoms with E-state index in [1.807, 2.05) is 24.8 Å². The van der Waals surface area contributed by atoms with Crippen molar-refractivity contribution >= 4 is 51.0 Å². The molecule has 2 aliphatic rings. The molecular weight excluding hydrogens is 579 g/mol. The average molecular weight is 628 g/mol. The zero-order chi connectivity index (χ0) is 30.8. The molecule has 1 aromatic carbocycles. The smallest absolute Gasteiger partial charge is 0.247 e. The molecule has 10 heteroatoms. The van der Waals surface area contributed by atoms with Crippen molar-refractivity contribution in [1.29, 1.82) is 0 Å². The standard InChI is InChI=1S/C33H49N5O3S2/c1-5-9-30(39)35-27(19-31-36-26-13-12-25(22(2)3)18-29(26)43-31)33(41)37-28(24-10-7-6-8-11-24)20-34-32(40)23(4)21-38-14-16-42-17-15-38/h12-13,18,22,24,27-28H,4-11,14-17,19-21H2,1-3H3,(H,34,40)(H,35,39)(H,37,41)/t27-,28+/m0/s1. The maximum atomic E-state index is 13.9. The molecule has 0 radical (unpaired) electrons. The van der Waals surface area contributed by atoms with E-state index in [4.69, 9.17) is 4.98 Å². The van der Waals surface area contributed by atoms with Crippen molar-refractivity contribution in [3.8, 4) is 0 Å². The Morgan fingerprint density at radius 3 is 2.53 bits per heavy atom. The van der Waals surface area contributed by atoms with Gasteiger partial charge in [0.1, 0.15) is 6.04 Å². The largest absolute Gasteiger partial charge is 0.350 e. The molecule has 1 saturated heterocycles. The van der Waals surface area contributed by atoms with Crippen LogP contribution >= 0.6 is 23.1 Å². The fourth-order valence-electron chi connectivity index (χ4n) is 5.90. The van der Waals surface area contributed by atoms with Gasteiger partial charge in [-0.25, -0.2) is 4.98 Å². The average Bonchev–Trinajstić information content (AvgIpc) is 3.41. The van der Waals surface area contributed by atoms with E-state index in [1.54, 1.807) is 11.3 Å². The lowest BCUT2D eigenvalue weighted by atomic mass is 9.83. The Hall–Kier alpha value is -2.43. The summed E-state index contributed by atoms with van der Waals surface area (Å²) in [6, 6.07) is 5.36. The Morgan fingerprint density at radius 1 is 1.09 bits per heavy atom. The van der Waals surface area contributed by atoms with Gasteiger partial charge in [0.05, 0.1) is 15.2 Å². The third kappa shape index (κ3) is 10.0. The van der Waals surface area contributed by atoms with Crippen molar-refractivity contribution in [2.45, 2.75) is 90.1 Å². The Morgan fingerprint density at radius 2 is 1.84 bits per heavy atom. The van der Waals surface area contributed by atoms with E-state index in [0.29, 0.717) is 43.8 Å². The zero-order valence-electron chi connectivity index (χ0n) is 26.1. The molecule has 2 heterocycles. The van der Waals surface area contributed by atoms with Gasteiger partial charge < -0.3 is 16.0 Å². The molecule has 43 heavy (non-hydrogen) atoms. The minimum atomic E-state index is -0.738. The molecule has 1 saturated carbocycles. The molecule has 1 aromatic heterocycles. The van der Waals surface area contributed by atoms with Crippen molar-refractivity contribution in [3.63, 3.8) is 0 Å². The van der Waals surface area contributed by atoms with Crippen molar-refractivity contribution in [2.24, 2.45) is 5.92 Å². The maximum absolute atomic E-state index is 13.9. The van der Waals surface area contributed by atoms with E-state index in [-0.39, 0.29) is 29.7 Å².